The van der Waals surface area contributed by atoms with Gasteiger partial charge in [0.15, 0.2) is 11.6 Å². The standard InChI is InChI=1S/C21H24FN3O4.ClH/c1-29-20-17-13(19(26)14(21(27)28)9-25(17)12-4-5-12)7-15(22)18(20)24-8-11-3-2-6-23-16(11)10-24;/h7,9,11-12,16,23H,2-6,8,10H2,1H3,(H,27,28);1H/p-1. The van der Waals surface area contributed by atoms with Crippen LogP contribution in [0.25, 0.3) is 10.9 Å². The zero-order valence-electron chi connectivity index (χ0n) is 16.7. The summed E-state index contributed by atoms with van der Waals surface area (Å²) in [4.78, 5) is 26.4. The van der Waals surface area contributed by atoms with Crippen LogP contribution < -0.4 is 32.8 Å². The number of pyridine rings is 1. The van der Waals surface area contributed by atoms with E-state index in [0.29, 0.717) is 35.5 Å². The van der Waals surface area contributed by atoms with Crippen molar-refractivity contribution in [1.29, 1.82) is 0 Å². The number of carbonyl (C=O) groups is 1. The largest absolute Gasteiger partial charge is 1.00 e. The van der Waals surface area contributed by atoms with Crippen LogP contribution in [0.15, 0.2) is 17.1 Å². The summed E-state index contributed by atoms with van der Waals surface area (Å²) in [6, 6.07) is 1.62. The highest BCUT2D eigenvalue weighted by Gasteiger charge is 2.38. The van der Waals surface area contributed by atoms with Gasteiger partial charge in [0.2, 0.25) is 5.43 Å². The summed E-state index contributed by atoms with van der Waals surface area (Å²) in [6.07, 6.45) is 5.40. The minimum absolute atomic E-state index is 0. The van der Waals surface area contributed by atoms with Crippen LogP contribution in [0.4, 0.5) is 10.1 Å². The average molecular weight is 437 g/mol. The lowest BCUT2D eigenvalue weighted by atomic mass is 9.94. The summed E-state index contributed by atoms with van der Waals surface area (Å²) in [5.41, 5.74) is -0.155. The quantitative estimate of drug-likeness (QED) is 0.664. The number of methoxy groups -OCH3 is 1. The molecule has 0 amide bonds. The molecule has 30 heavy (non-hydrogen) atoms. The number of aromatic nitrogens is 1. The van der Waals surface area contributed by atoms with Gasteiger partial charge in [-0.05, 0) is 44.2 Å². The molecule has 162 valence electrons. The van der Waals surface area contributed by atoms with Crippen LogP contribution in [0.5, 0.6) is 5.75 Å². The van der Waals surface area contributed by atoms with Crippen LogP contribution in [0.3, 0.4) is 0 Å². The van der Waals surface area contributed by atoms with Gasteiger partial charge in [0, 0.05) is 31.4 Å². The van der Waals surface area contributed by atoms with E-state index in [1.54, 1.807) is 4.57 Å². The lowest BCUT2D eigenvalue weighted by Crippen LogP contribution is -3.00. The van der Waals surface area contributed by atoms with E-state index < -0.39 is 17.2 Å². The maximum Gasteiger partial charge on any atom is 0.341 e. The van der Waals surface area contributed by atoms with Gasteiger partial charge in [-0.15, -0.1) is 0 Å². The predicted octanol–water partition coefficient (Wildman–Crippen LogP) is -0.625. The number of fused-ring (bicyclic) bond motifs is 2. The Balaban J connectivity index is 0.00000218. The first-order valence-electron chi connectivity index (χ1n) is 10.2. The summed E-state index contributed by atoms with van der Waals surface area (Å²) < 4.78 is 22.8. The Morgan fingerprint density at radius 3 is 2.70 bits per heavy atom. The van der Waals surface area contributed by atoms with Crippen molar-refractivity contribution in [1.82, 2.24) is 9.88 Å². The van der Waals surface area contributed by atoms with E-state index in [1.165, 1.54) is 19.4 Å². The number of carboxylic acids is 1. The Kier molecular flexibility index (Phi) is 5.40. The van der Waals surface area contributed by atoms with E-state index in [-0.39, 0.29) is 29.4 Å². The van der Waals surface area contributed by atoms with E-state index in [4.69, 9.17) is 4.74 Å². The fraction of sp³-hybridized carbons (Fsp3) is 0.524. The second-order valence-corrected chi connectivity index (χ2v) is 8.32. The number of ether oxygens (including phenoxy) is 1. The zero-order valence-corrected chi connectivity index (χ0v) is 17.4. The van der Waals surface area contributed by atoms with Crippen LogP contribution in [-0.2, 0) is 0 Å². The third-order valence-electron chi connectivity index (χ3n) is 6.49. The zero-order chi connectivity index (χ0) is 20.3. The van der Waals surface area contributed by atoms with Crippen LogP contribution in [-0.4, -0.2) is 48.4 Å². The number of rotatable bonds is 4. The SMILES string of the molecule is COc1c(N2CC3CCCNC3C2)c(F)cc2c(=O)c(C(=O)O)cn(C3CC3)c12.[Cl-]. The molecule has 2 aromatic rings. The van der Waals surface area contributed by atoms with Gasteiger partial charge >= 0.3 is 5.97 Å². The Morgan fingerprint density at radius 1 is 1.30 bits per heavy atom. The number of halogens is 2. The van der Waals surface area contributed by atoms with Crippen molar-refractivity contribution >= 4 is 22.6 Å². The van der Waals surface area contributed by atoms with Crippen molar-refractivity contribution in [2.45, 2.75) is 37.8 Å². The fourth-order valence-corrected chi connectivity index (χ4v) is 4.95. The number of anilines is 1. The maximum atomic E-state index is 15.3. The van der Waals surface area contributed by atoms with Gasteiger partial charge < -0.3 is 37.0 Å². The summed E-state index contributed by atoms with van der Waals surface area (Å²) in [5, 5.41) is 13.0. The molecule has 2 atom stereocenters. The Hall–Kier alpha value is -2.32. The van der Waals surface area contributed by atoms with Gasteiger partial charge in [-0.25, -0.2) is 9.18 Å². The van der Waals surface area contributed by atoms with E-state index in [2.05, 4.69) is 5.32 Å². The molecule has 1 aliphatic carbocycles. The molecule has 9 heteroatoms. The molecular formula is C21H24ClFN3O4-. The average Bonchev–Trinajstić information content (AvgIpc) is 3.45. The highest BCUT2D eigenvalue weighted by Crippen LogP contribution is 2.45. The van der Waals surface area contributed by atoms with Gasteiger partial charge in [0.05, 0.1) is 18.0 Å². The molecule has 1 saturated carbocycles. The number of hydrogen-bond acceptors (Lipinski definition) is 5. The van der Waals surface area contributed by atoms with Crippen LogP contribution in [0.1, 0.15) is 42.1 Å². The third-order valence-corrected chi connectivity index (χ3v) is 6.49. The number of aromatic carboxylic acids is 1. The summed E-state index contributed by atoms with van der Waals surface area (Å²) in [6.45, 7) is 2.40. The second kappa shape index (κ2) is 7.74. The summed E-state index contributed by atoms with van der Waals surface area (Å²) >= 11 is 0. The number of nitrogens with zero attached hydrogens (tertiary/aromatic N) is 2. The van der Waals surface area contributed by atoms with E-state index in [9.17, 15) is 14.7 Å². The van der Waals surface area contributed by atoms with E-state index in [0.717, 1.165) is 38.8 Å². The van der Waals surface area contributed by atoms with Crippen molar-refractivity contribution in [3.05, 3.63) is 33.9 Å². The minimum atomic E-state index is -1.30. The summed E-state index contributed by atoms with van der Waals surface area (Å²) in [5.74, 6) is -1.07. The van der Waals surface area contributed by atoms with Crippen molar-refractivity contribution < 1.29 is 31.4 Å². The molecule has 1 aromatic carbocycles. The molecule has 2 N–H and O–H groups in total. The molecule has 0 spiro atoms. The van der Waals surface area contributed by atoms with E-state index >= 15 is 4.39 Å². The Labute approximate surface area is 179 Å². The molecular weight excluding hydrogens is 413 g/mol. The normalized spacial score (nSPS) is 23.2. The Morgan fingerprint density at radius 2 is 2.07 bits per heavy atom. The number of piperidine rings is 1. The highest BCUT2D eigenvalue weighted by atomic mass is 35.5. The highest BCUT2D eigenvalue weighted by molar-refractivity contribution is 5.97. The lowest BCUT2D eigenvalue weighted by Gasteiger charge is -2.25. The molecule has 3 heterocycles. The molecule has 1 aromatic heterocycles. The van der Waals surface area contributed by atoms with Crippen molar-refractivity contribution in [3.63, 3.8) is 0 Å². The van der Waals surface area contributed by atoms with Crippen molar-refractivity contribution in [2.24, 2.45) is 5.92 Å². The van der Waals surface area contributed by atoms with Gasteiger partial charge in [-0.3, -0.25) is 4.79 Å². The Bertz CT molecular complexity index is 1050. The molecule has 2 unspecified atom stereocenters. The van der Waals surface area contributed by atoms with Crippen molar-refractivity contribution in [3.8, 4) is 5.75 Å². The number of benzene rings is 1. The molecule has 0 radical (unpaired) electrons. The first-order chi connectivity index (χ1) is 14.0. The third kappa shape index (κ3) is 3.22. The van der Waals surface area contributed by atoms with Gasteiger partial charge in [0.1, 0.15) is 11.3 Å². The van der Waals surface area contributed by atoms with E-state index in [1.807, 2.05) is 4.90 Å². The molecule has 2 aliphatic heterocycles. The van der Waals surface area contributed by atoms with Gasteiger partial charge in [-0.2, -0.15) is 0 Å². The lowest BCUT2D eigenvalue weighted by molar-refractivity contribution is -0.0000223. The smallest absolute Gasteiger partial charge is 0.341 e. The number of hydrogen-bond donors (Lipinski definition) is 2. The number of carboxylic acid groups (broad SMARTS) is 1. The first-order valence-corrected chi connectivity index (χ1v) is 10.2. The molecule has 3 aliphatic rings. The maximum absolute atomic E-state index is 15.3. The minimum Gasteiger partial charge on any atom is -1.00 e. The molecule has 0 bridgehead atoms. The fourth-order valence-electron chi connectivity index (χ4n) is 4.95. The van der Waals surface area contributed by atoms with Gasteiger partial charge in [-0.1, -0.05) is 0 Å². The first kappa shape index (κ1) is 20.9. The second-order valence-electron chi connectivity index (χ2n) is 8.32. The van der Waals surface area contributed by atoms with Crippen LogP contribution >= 0.6 is 0 Å². The summed E-state index contributed by atoms with van der Waals surface area (Å²) in [7, 11) is 1.48. The predicted molar refractivity (Wildman–Crippen MR) is 107 cm³/mol. The molecule has 7 nitrogen and oxygen atoms in total. The van der Waals surface area contributed by atoms with Gasteiger partial charge in [0.25, 0.3) is 0 Å². The van der Waals surface area contributed by atoms with Crippen LogP contribution in [0, 0.1) is 11.7 Å². The molecule has 3 fully saturated rings. The van der Waals surface area contributed by atoms with Crippen molar-refractivity contribution in [2.75, 3.05) is 31.6 Å². The molecule has 5 rings (SSSR count). The number of nitrogens with one attached hydrogen (secondary N) is 1. The van der Waals surface area contributed by atoms with Crippen LogP contribution in [0.2, 0.25) is 0 Å². The topological polar surface area (TPSA) is 83.8 Å². The molecule has 2 saturated heterocycles. The monoisotopic (exact) mass is 436 g/mol.